The van der Waals surface area contributed by atoms with Crippen LogP contribution in [0.2, 0.25) is 0 Å². The summed E-state index contributed by atoms with van der Waals surface area (Å²) in [6.07, 6.45) is 2.79. The Bertz CT molecular complexity index is 1210. The van der Waals surface area contributed by atoms with Gasteiger partial charge in [0.2, 0.25) is 0 Å². The minimum absolute atomic E-state index is 0.115. The predicted molar refractivity (Wildman–Crippen MR) is 138 cm³/mol. The van der Waals surface area contributed by atoms with Crippen molar-refractivity contribution >= 4 is 17.6 Å². The van der Waals surface area contributed by atoms with E-state index in [0.717, 1.165) is 47.6 Å². The molecule has 8 heteroatoms. The fourth-order valence-corrected chi connectivity index (χ4v) is 5.16. The van der Waals surface area contributed by atoms with Crippen LogP contribution in [0.3, 0.4) is 0 Å². The third-order valence-corrected chi connectivity index (χ3v) is 6.94. The van der Waals surface area contributed by atoms with Gasteiger partial charge in [-0.25, -0.2) is 9.48 Å². The molecule has 8 nitrogen and oxygen atoms in total. The van der Waals surface area contributed by atoms with Gasteiger partial charge in [-0.3, -0.25) is 4.79 Å². The number of piperidine rings is 1. The average Bonchev–Trinajstić information content (AvgIpc) is 3.11. The molecule has 1 aromatic heterocycles. The minimum Gasteiger partial charge on any atom is -0.444 e. The summed E-state index contributed by atoms with van der Waals surface area (Å²) >= 11 is 0. The number of anilines is 1. The molecule has 0 saturated carbocycles. The maximum Gasteiger partial charge on any atom is 0.410 e. The van der Waals surface area contributed by atoms with E-state index in [-0.39, 0.29) is 17.3 Å². The Hall–Kier alpha value is -3.34. The second kappa shape index (κ2) is 9.61. The van der Waals surface area contributed by atoms with Gasteiger partial charge in [0.05, 0.1) is 33.9 Å². The minimum atomic E-state index is -0.496. The Morgan fingerprint density at radius 3 is 2.58 bits per heavy atom. The van der Waals surface area contributed by atoms with Crippen LogP contribution in [-0.4, -0.2) is 51.8 Å². The van der Waals surface area contributed by atoms with Crippen LogP contribution >= 0.6 is 0 Å². The fourth-order valence-electron chi connectivity index (χ4n) is 5.16. The number of carbonyl (C=O) groups excluding carboxylic acids is 2. The van der Waals surface area contributed by atoms with E-state index in [2.05, 4.69) is 25.2 Å². The number of rotatable bonds is 4. The van der Waals surface area contributed by atoms with Crippen molar-refractivity contribution in [1.29, 1.82) is 5.26 Å². The van der Waals surface area contributed by atoms with E-state index in [0.29, 0.717) is 37.5 Å². The molecule has 1 aliphatic carbocycles. The second-order valence-electron chi connectivity index (χ2n) is 11.9. The molecule has 0 spiro atoms. The zero-order chi connectivity index (χ0) is 26.3. The number of hydrogen-bond acceptors (Lipinski definition) is 6. The number of nitriles is 1. The Morgan fingerprint density at radius 1 is 1.25 bits per heavy atom. The number of nitrogens with one attached hydrogen (secondary N) is 1. The SMILES string of the molecule is Cc1nn(-c2ccc(C#N)c(NCC3CCN(C(=O)OC(C)(C)C)CC3)c2)c2c1C(=O)CC(C)(C)C2. The van der Waals surface area contributed by atoms with Gasteiger partial charge in [0.1, 0.15) is 11.7 Å². The number of hydrogen-bond donors (Lipinski definition) is 1. The van der Waals surface area contributed by atoms with Crippen LogP contribution in [0, 0.1) is 29.6 Å². The van der Waals surface area contributed by atoms with E-state index < -0.39 is 5.60 Å². The topological polar surface area (TPSA) is 100 Å². The lowest BCUT2D eigenvalue weighted by atomic mass is 9.75. The summed E-state index contributed by atoms with van der Waals surface area (Å²) in [5, 5.41) is 17.9. The van der Waals surface area contributed by atoms with Gasteiger partial charge in [0, 0.05) is 26.1 Å². The first kappa shape index (κ1) is 25.7. The molecule has 36 heavy (non-hydrogen) atoms. The summed E-state index contributed by atoms with van der Waals surface area (Å²) in [7, 11) is 0. The second-order valence-corrected chi connectivity index (χ2v) is 11.9. The number of nitrogens with zero attached hydrogens (tertiary/aromatic N) is 4. The monoisotopic (exact) mass is 491 g/mol. The van der Waals surface area contributed by atoms with Crippen LogP contribution in [0.15, 0.2) is 18.2 Å². The van der Waals surface area contributed by atoms with Crippen LogP contribution in [0.1, 0.15) is 81.2 Å². The smallest absolute Gasteiger partial charge is 0.410 e. The highest BCUT2D eigenvalue weighted by Gasteiger charge is 2.36. The maximum absolute atomic E-state index is 12.8. The van der Waals surface area contributed by atoms with Gasteiger partial charge in [0.15, 0.2) is 5.78 Å². The van der Waals surface area contributed by atoms with Crippen molar-refractivity contribution < 1.29 is 14.3 Å². The molecule has 0 radical (unpaired) electrons. The van der Waals surface area contributed by atoms with Gasteiger partial charge in [-0.2, -0.15) is 10.4 Å². The number of aryl methyl sites for hydroxylation is 1. The van der Waals surface area contributed by atoms with E-state index in [1.165, 1.54) is 0 Å². The number of ketones is 1. The molecule has 0 bridgehead atoms. The van der Waals surface area contributed by atoms with Gasteiger partial charge in [0.25, 0.3) is 0 Å². The molecule has 0 unspecified atom stereocenters. The molecule has 1 aliphatic heterocycles. The van der Waals surface area contributed by atoms with E-state index in [1.807, 2.05) is 50.6 Å². The van der Waals surface area contributed by atoms with Crippen LogP contribution in [0.25, 0.3) is 5.69 Å². The molecular formula is C28H37N5O3. The van der Waals surface area contributed by atoms with Crippen molar-refractivity contribution in [2.45, 2.75) is 72.8 Å². The number of benzene rings is 1. The van der Waals surface area contributed by atoms with Crippen molar-refractivity contribution in [1.82, 2.24) is 14.7 Å². The van der Waals surface area contributed by atoms with E-state index in [9.17, 15) is 14.9 Å². The molecule has 2 aromatic rings. The molecule has 192 valence electrons. The molecule has 4 rings (SSSR count). The van der Waals surface area contributed by atoms with Crippen LogP contribution < -0.4 is 5.32 Å². The number of likely N-dealkylation sites (tertiary alicyclic amines) is 1. The van der Waals surface area contributed by atoms with Crippen molar-refractivity contribution in [2.75, 3.05) is 25.0 Å². The lowest BCUT2D eigenvalue weighted by Gasteiger charge is -2.33. The summed E-state index contributed by atoms with van der Waals surface area (Å²) < 4.78 is 7.36. The average molecular weight is 492 g/mol. The maximum atomic E-state index is 12.8. The molecule has 2 aliphatic rings. The molecule has 1 N–H and O–H groups in total. The van der Waals surface area contributed by atoms with Gasteiger partial charge in [-0.1, -0.05) is 13.8 Å². The van der Waals surface area contributed by atoms with Gasteiger partial charge < -0.3 is 15.0 Å². The third kappa shape index (κ3) is 5.56. The summed E-state index contributed by atoms with van der Waals surface area (Å²) in [6, 6.07) is 7.93. The van der Waals surface area contributed by atoms with Crippen LogP contribution in [0.5, 0.6) is 0 Å². The molecule has 1 fully saturated rings. The van der Waals surface area contributed by atoms with Gasteiger partial charge in [-0.05, 0) is 76.5 Å². The van der Waals surface area contributed by atoms with Crippen molar-refractivity contribution in [3.05, 3.63) is 40.7 Å². The molecule has 0 atom stereocenters. The quantitative estimate of drug-likeness (QED) is 0.626. The molecule has 2 heterocycles. The lowest BCUT2D eigenvalue weighted by molar-refractivity contribution is 0.0188. The lowest BCUT2D eigenvalue weighted by Crippen LogP contribution is -2.42. The van der Waals surface area contributed by atoms with Crippen LogP contribution in [-0.2, 0) is 11.2 Å². The highest BCUT2D eigenvalue weighted by atomic mass is 16.6. The van der Waals surface area contributed by atoms with E-state index in [4.69, 9.17) is 9.84 Å². The Kier molecular flexibility index (Phi) is 6.87. The van der Waals surface area contributed by atoms with E-state index in [1.54, 1.807) is 4.90 Å². The van der Waals surface area contributed by atoms with Crippen molar-refractivity contribution in [2.24, 2.45) is 11.3 Å². The number of Topliss-reactive ketones (excluding diaryl/α,β-unsaturated/α-hetero) is 1. The summed E-state index contributed by atoms with van der Waals surface area (Å²) in [5.74, 6) is 0.534. The third-order valence-electron chi connectivity index (χ3n) is 6.94. The number of ether oxygens (including phenoxy) is 1. The Morgan fingerprint density at radius 2 is 1.94 bits per heavy atom. The van der Waals surface area contributed by atoms with Crippen molar-refractivity contribution in [3.63, 3.8) is 0 Å². The summed E-state index contributed by atoms with van der Waals surface area (Å²) in [6.45, 7) is 13.8. The first-order valence-electron chi connectivity index (χ1n) is 12.7. The predicted octanol–water partition coefficient (Wildman–Crippen LogP) is 5.27. The summed E-state index contributed by atoms with van der Waals surface area (Å²) in [5.41, 5.74) is 3.99. The molecule has 1 saturated heterocycles. The zero-order valence-corrected chi connectivity index (χ0v) is 22.3. The molecule has 1 amide bonds. The Labute approximate surface area is 213 Å². The fraction of sp³-hybridized carbons (Fsp3) is 0.571. The van der Waals surface area contributed by atoms with Crippen molar-refractivity contribution in [3.8, 4) is 11.8 Å². The highest BCUT2D eigenvalue weighted by Crippen LogP contribution is 2.37. The number of aromatic nitrogens is 2. The van der Waals surface area contributed by atoms with Gasteiger partial charge >= 0.3 is 6.09 Å². The van der Waals surface area contributed by atoms with Crippen LogP contribution in [0.4, 0.5) is 10.5 Å². The zero-order valence-electron chi connectivity index (χ0n) is 22.3. The first-order chi connectivity index (χ1) is 16.9. The molecular weight excluding hydrogens is 454 g/mol. The highest BCUT2D eigenvalue weighted by molar-refractivity contribution is 5.99. The first-order valence-corrected chi connectivity index (χ1v) is 12.7. The number of amides is 1. The normalized spacial score (nSPS) is 17.9. The number of carbonyl (C=O) groups is 2. The summed E-state index contributed by atoms with van der Waals surface area (Å²) in [4.78, 5) is 26.9. The standard InChI is InChI=1S/C28H37N5O3/c1-18-25-23(14-28(5,6)15-24(25)34)33(31-18)21-8-7-20(16-29)22(13-21)30-17-19-9-11-32(12-10-19)26(35)36-27(2,3)4/h7-8,13,19,30H,9-12,14-15,17H2,1-6H3. The largest absolute Gasteiger partial charge is 0.444 e. The van der Waals surface area contributed by atoms with E-state index >= 15 is 0 Å². The molecule has 1 aromatic carbocycles. The van der Waals surface area contributed by atoms with Gasteiger partial charge in [-0.15, -0.1) is 0 Å². The number of fused-ring (bicyclic) bond motifs is 1. The Balaban J connectivity index is 1.47.